The molecule has 9 nitrogen and oxygen atoms in total. The van der Waals surface area contributed by atoms with Crippen molar-refractivity contribution < 1.29 is 18.6 Å². The summed E-state index contributed by atoms with van der Waals surface area (Å²) in [5.74, 6) is -1.51. The molecule has 52 heavy (non-hydrogen) atoms. The van der Waals surface area contributed by atoms with Crippen LogP contribution in [0.15, 0.2) is 108 Å². The standard InChI is InChI=1S/C39H30Cl3N5O4S/c1-23-35(42)36(38(49)43-21-24-10-14-32(40)33(41)18-24)44-47(23)34-15-12-28(20-31(34)39(50)46-17-16-26-7-3-5-9-29(26)22-46)37(48)45-52(51)30-13-11-25-6-2-4-8-27(25)19-30/h2-15,18-20H,16-17,21-22H2,1H3,(H,43,49)(H,45,48). The Balaban J connectivity index is 1.20. The Morgan fingerprint density at radius 3 is 2.35 bits per heavy atom. The minimum Gasteiger partial charge on any atom is -0.347 e. The minimum absolute atomic E-state index is 0.0443. The van der Waals surface area contributed by atoms with Crippen LogP contribution in [-0.4, -0.2) is 43.2 Å². The van der Waals surface area contributed by atoms with Gasteiger partial charge in [-0.15, -0.1) is 0 Å². The molecule has 0 saturated heterocycles. The first kappa shape index (κ1) is 35.4. The molecular formula is C39H30Cl3N5O4S. The minimum atomic E-state index is -1.87. The lowest BCUT2D eigenvalue weighted by molar-refractivity contribution is 0.0734. The van der Waals surface area contributed by atoms with Crippen LogP contribution in [0, 0.1) is 6.92 Å². The number of aromatic nitrogens is 2. The van der Waals surface area contributed by atoms with Gasteiger partial charge in [-0.3, -0.25) is 19.1 Å². The molecule has 0 spiro atoms. The molecular weight excluding hydrogens is 741 g/mol. The number of benzene rings is 5. The summed E-state index contributed by atoms with van der Waals surface area (Å²) in [4.78, 5) is 43.4. The van der Waals surface area contributed by atoms with Crippen molar-refractivity contribution in [2.75, 3.05) is 6.54 Å². The third-order valence-electron chi connectivity index (χ3n) is 8.95. The van der Waals surface area contributed by atoms with Crippen LogP contribution in [0.5, 0.6) is 0 Å². The largest absolute Gasteiger partial charge is 0.347 e. The molecule has 5 aromatic carbocycles. The van der Waals surface area contributed by atoms with E-state index < -0.39 is 22.8 Å². The third-order valence-corrected chi connectivity index (χ3v) is 11.2. The Kier molecular flexibility index (Phi) is 10.2. The van der Waals surface area contributed by atoms with E-state index in [0.29, 0.717) is 45.8 Å². The summed E-state index contributed by atoms with van der Waals surface area (Å²) >= 11 is 18.8. The summed E-state index contributed by atoms with van der Waals surface area (Å²) in [6.07, 6.45) is 0.665. The molecule has 0 fully saturated rings. The number of nitrogens with zero attached hydrogens (tertiary/aromatic N) is 3. The molecule has 262 valence electrons. The van der Waals surface area contributed by atoms with Crippen LogP contribution in [0.2, 0.25) is 15.1 Å². The molecule has 1 aliphatic heterocycles. The van der Waals surface area contributed by atoms with Gasteiger partial charge in [-0.05, 0) is 83.3 Å². The lowest BCUT2D eigenvalue weighted by atomic mass is 9.98. The van der Waals surface area contributed by atoms with Crippen molar-refractivity contribution in [1.82, 2.24) is 24.7 Å². The van der Waals surface area contributed by atoms with Gasteiger partial charge in [0.2, 0.25) is 0 Å². The van der Waals surface area contributed by atoms with Crippen molar-refractivity contribution in [1.29, 1.82) is 0 Å². The van der Waals surface area contributed by atoms with Crippen LogP contribution in [0.25, 0.3) is 16.5 Å². The molecule has 0 bridgehead atoms. The van der Waals surface area contributed by atoms with Gasteiger partial charge in [0.15, 0.2) is 16.7 Å². The second kappa shape index (κ2) is 14.9. The number of nitrogens with one attached hydrogen (secondary N) is 2. The second-order valence-corrected chi connectivity index (χ2v) is 14.7. The van der Waals surface area contributed by atoms with Crippen LogP contribution in [0.4, 0.5) is 0 Å². The average molecular weight is 771 g/mol. The van der Waals surface area contributed by atoms with Crippen molar-refractivity contribution in [3.05, 3.63) is 157 Å². The molecule has 3 amide bonds. The SMILES string of the molecule is Cc1c(Cl)c(C(=O)NCc2ccc(Cl)c(Cl)c2)nn1-c1ccc(C(=O)NS(=O)c2ccc3ccccc3c2)cc1C(=O)N1CCc2ccccc2C1. The number of hydrogen-bond donors (Lipinski definition) is 2. The summed E-state index contributed by atoms with van der Waals surface area (Å²) in [5, 5.41) is 10.1. The summed E-state index contributed by atoms with van der Waals surface area (Å²) in [6, 6.07) is 30.5. The Labute approximate surface area is 317 Å². The highest BCUT2D eigenvalue weighted by atomic mass is 35.5. The number of hydrogen-bond acceptors (Lipinski definition) is 5. The fourth-order valence-corrected chi connectivity index (χ4v) is 7.49. The fourth-order valence-electron chi connectivity index (χ4n) is 6.14. The van der Waals surface area contributed by atoms with E-state index in [4.69, 9.17) is 34.8 Å². The smallest absolute Gasteiger partial charge is 0.273 e. The first-order chi connectivity index (χ1) is 25.1. The number of fused-ring (bicyclic) bond motifs is 2. The molecule has 1 unspecified atom stereocenters. The maximum atomic E-state index is 14.4. The van der Waals surface area contributed by atoms with Gasteiger partial charge in [-0.2, -0.15) is 5.10 Å². The lowest BCUT2D eigenvalue weighted by Gasteiger charge is -2.29. The predicted octanol–water partition coefficient (Wildman–Crippen LogP) is 7.88. The van der Waals surface area contributed by atoms with Crippen LogP contribution in [-0.2, 0) is 30.5 Å². The number of carbonyl (C=O) groups excluding carboxylic acids is 3. The topological polar surface area (TPSA) is 113 Å². The highest BCUT2D eigenvalue weighted by molar-refractivity contribution is 7.83. The van der Waals surface area contributed by atoms with Gasteiger partial charge in [-0.25, -0.2) is 8.89 Å². The van der Waals surface area contributed by atoms with Gasteiger partial charge < -0.3 is 10.2 Å². The molecule has 1 atom stereocenters. The molecule has 1 aromatic heterocycles. The van der Waals surface area contributed by atoms with Crippen molar-refractivity contribution in [3.8, 4) is 5.69 Å². The van der Waals surface area contributed by atoms with E-state index in [2.05, 4.69) is 15.1 Å². The molecule has 0 radical (unpaired) electrons. The van der Waals surface area contributed by atoms with Crippen molar-refractivity contribution in [3.63, 3.8) is 0 Å². The van der Waals surface area contributed by atoms with E-state index in [-0.39, 0.29) is 34.3 Å². The summed E-state index contributed by atoms with van der Waals surface area (Å²) in [5.41, 5.74) is 3.89. The first-order valence-corrected chi connectivity index (χ1v) is 18.5. The van der Waals surface area contributed by atoms with E-state index in [0.717, 1.165) is 21.9 Å². The predicted molar refractivity (Wildman–Crippen MR) is 204 cm³/mol. The van der Waals surface area contributed by atoms with Crippen molar-refractivity contribution in [2.45, 2.75) is 31.3 Å². The number of rotatable bonds is 8. The Morgan fingerprint density at radius 2 is 1.56 bits per heavy atom. The quantitative estimate of drug-likeness (QED) is 0.164. The van der Waals surface area contributed by atoms with E-state index in [1.54, 1.807) is 48.2 Å². The molecule has 1 aliphatic rings. The summed E-state index contributed by atoms with van der Waals surface area (Å²) < 4.78 is 17.3. The van der Waals surface area contributed by atoms with E-state index in [9.17, 15) is 18.6 Å². The highest BCUT2D eigenvalue weighted by Gasteiger charge is 2.28. The molecule has 0 aliphatic carbocycles. The van der Waals surface area contributed by atoms with Gasteiger partial charge in [-0.1, -0.05) is 95.5 Å². The molecule has 13 heteroatoms. The molecule has 6 aromatic rings. The molecule has 2 heterocycles. The van der Waals surface area contributed by atoms with Gasteiger partial charge in [0.05, 0.1) is 36.9 Å². The Morgan fingerprint density at radius 1 is 0.808 bits per heavy atom. The zero-order chi connectivity index (χ0) is 36.5. The number of amides is 3. The second-order valence-electron chi connectivity index (χ2n) is 12.3. The maximum Gasteiger partial charge on any atom is 0.273 e. The van der Waals surface area contributed by atoms with Crippen LogP contribution in [0.1, 0.15) is 53.6 Å². The number of halogens is 3. The highest BCUT2D eigenvalue weighted by Crippen LogP contribution is 2.29. The third kappa shape index (κ3) is 7.20. The van der Waals surface area contributed by atoms with Crippen molar-refractivity contribution >= 4 is 74.3 Å². The zero-order valence-corrected chi connectivity index (χ0v) is 30.7. The van der Waals surface area contributed by atoms with Gasteiger partial charge >= 0.3 is 0 Å². The normalized spacial score (nSPS) is 13.0. The van der Waals surface area contributed by atoms with Crippen LogP contribution in [0.3, 0.4) is 0 Å². The van der Waals surface area contributed by atoms with Crippen molar-refractivity contribution in [2.24, 2.45) is 0 Å². The van der Waals surface area contributed by atoms with Gasteiger partial charge in [0, 0.05) is 25.2 Å². The molecule has 2 N–H and O–H groups in total. The summed E-state index contributed by atoms with van der Waals surface area (Å²) in [6.45, 7) is 2.66. The fraction of sp³-hybridized carbons (Fsp3) is 0.128. The van der Waals surface area contributed by atoms with E-state index in [1.807, 2.05) is 54.6 Å². The Bertz CT molecular complexity index is 2430. The average Bonchev–Trinajstić information content (AvgIpc) is 3.47. The van der Waals surface area contributed by atoms with Gasteiger partial charge in [0.25, 0.3) is 17.7 Å². The molecule has 7 rings (SSSR count). The van der Waals surface area contributed by atoms with E-state index in [1.165, 1.54) is 22.4 Å². The zero-order valence-electron chi connectivity index (χ0n) is 27.7. The molecule has 0 saturated carbocycles. The van der Waals surface area contributed by atoms with Gasteiger partial charge in [0.1, 0.15) is 0 Å². The summed E-state index contributed by atoms with van der Waals surface area (Å²) in [7, 11) is -1.87. The van der Waals surface area contributed by atoms with Crippen LogP contribution < -0.4 is 10.0 Å². The maximum absolute atomic E-state index is 14.4. The lowest BCUT2D eigenvalue weighted by Crippen LogP contribution is -2.36. The van der Waals surface area contributed by atoms with E-state index >= 15 is 0 Å². The van der Waals surface area contributed by atoms with Crippen LogP contribution >= 0.6 is 34.8 Å². The Hall–Kier alpha value is -5.00. The first-order valence-electron chi connectivity index (χ1n) is 16.3. The monoisotopic (exact) mass is 769 g/mol. The number of carbonyl (C=O) groups is 3.